The average Bonchev–Trinajstić information content (AvgIpc) is 3.60. The second kappa shape index (κ2) is 15.5. The predicted octanol–water partition coefficient (Wildman–Crippen LogP) is 3.68. The van der Waals surface area contributed by atoms with Gasteiger partial charge in [0.25, 0.3) is 0 Å². The van der Waals surface area contributed by atoms with Gasteiger partial charge in [0.2, 0.25) is 5.91 Å². The molecule has 3 aliphatic heterocycles. The van der Waals surface area contributed by atoms with Gasteiger partial charge in [0.1, 0.15) is 25.6 Å². The minimum absolute atomic E-state index is 0.00686. The molecule has 1 aromatic rings. The second-order valence-corrected chi connectivity index (χ2v) is 19.3. The molecule has 0 aliphatic carbocycles. The van der Waals surface area contributed by atoms with E-state index in [1.165, 1.54) is 21.6 Å². The molecule has 1 fully saturated rings. The fraction of sp³-hybridized carbons (Fsp3) is 0.583. The fourth-order valence-electron chi connectivity index (χ4n) is 5.41. The smallest absolute Gasteiger partial charge is 0.394 e. The maximum Gasteiger partial charge on any atom is 0.737 e. The molecule has 5 atom stereocenters. The van der Waals surface area contributed by atoms with Gasteiger partial charge in [0.05, 0.1) is 12.7 Å². The molecule has 3 unspecified atom stereocenters. The molecule has 1 aromatic heterocycles. The Hall–Kier alpha value is -1.08. The topological polar surface area (TPSA) is 215 Å². The Morgan fingerprint density at radius 2 is 1.86 bits per heavy atom. The van der Waals surface area contributed by atoms with Gasteiger partial charge < -0.3 is 52.0 Å². The van der Waals surface area contributed by atoms with E-state index in [1.54, 1.807) is 38.1 Å². The van der Waals surface area contributed by atoms with Crippen molar-refractivity contribution < 1.29 is 73.8 Å². The van der Waals surface area contributed by atoms with Gasteiger partial charge in [-0.3, -0.25) is 9.32 Å². The van der Waals surface area contributed by atoms with Crippen LogP contribution in [-0.2, 0) is 47.5 Å². The number of hydrogen-bond acceptors (Lipinski definition) is 11. The number of allylic oxidation sites excluding steroid dienone is 2. The third kappa shape index (κ3) is 11.0. The summed E-state index contributed by atoms with van der Waals surface area (Å²) < 4.78 is 90.3. The van der Waals surface area contributed by atoms with Crippen LogP contribution in [0.15, 0.2) is 29.5 Å². The lowest BCUT2D eigenvalue weighted by Gasteiger charge is -2.31. The van der Waals surface area contributed by atoms with Crippen LogP contribution in [0.1, 0.15) is 51.9 Å². The van der Waals surface area contributed by atoms with Crippen LogP contribution in [0.3, 0.4) is 0 Å². The van der Waals surface area contributed by atoms with Crippen LogP contribution in [0.4, 0.5) is 8.63 Å². The zero-order chi connectivity index (χ0) is 36.6. The van der Waals surface area contributed by atoms with Crippen molar-refractivity contribution in [3.63, 3.8) is 0 Å². The van der Waals surface area contributed by atoms with Gasteiger partial charge in [-0.25, -0.2) is 13.7 Å². The van der Waals surface area contributed by atoms with Gasteiger partial charge in [-0.15, -0.1) is 0 Å². The first-order chi connectivity index (χ1) is 22.5. The number of aryl methyl sites for hydroxylation is 1. The third-order valence-electron chi connectivity index (χ3n) is 7.39. The molecule has 0 aromatic carbocycles. The van der Waals surface area contributed by atoms with Crippen molar-refractivity contribution in [2.45, 2.75) is 69.9 Å². The molecular weight excluding hydrogens is 755 g/mol. The van der Waals surface area contributed by atoms with E-state index in [2.05, 4.69) is 18.5 Å². The molecule has 5 N–H and O–H groups in total. The van der Waals surface area contributed by atoms with E-state index in [0.29, 0.717) is 22.8 Å². The number of phosphoric acid groups is 3. The number of carbonyl (C=O) groups excluding carboxylic acids is 1. The molecule has 4 heterocycles. The van der Waals surface area contributed by atoms with E-state index in [9.17, 15) is 28.3 Å². The van der Waals surface area contributed by atoms with E-state index >= 15 is 8.63 Å². The second-order valence-electron chi connectivity index (χ2n) is 12.0. The number of phosphoric ester groups is 1. The van der Waals surface area contributed by atoms with E-state index in [0.717, 1.165) is 14.5 Å². The number of halogens is 2. The molecular formula is C24H36B2F2N3O13P3S2. The van der Waals surface area contributed by atoms with Crippen LogP contribution >= 0.6 is 45.1 Å². The lowest BCUT2D eigenvalue weighted by atomic mass is 9.89. The van der Waals surface area contributed by atoms with E-state index < -0.39 is 60.0 Å². The van der Waals surface area contributed by atoms with Crippen molar-refractivity contribution in [1.82, 2.24) is 9.79 Å². The number of nitrogens with one attached hydrogen (secondary N) is 1. The summed E-state index contributed by atoms with van der Waals surface area (Å²) >= 11 is 0. The SMILES string of the molecule is [B][C@H]1CC(OCSSC(C)(C)CNC(=O)CCc2ccc3n2[B-](F)(F)[N+]2=C(C)C=C(C)C2=C3)[C@@H](COP(=O)(O)OP(=O)(O)OP(=O)(O)O)O1. The van der Waals surface area contributed by atoms with Crippen LogP contribution in [0.5, 0.6) is 0 Å². The summed E-state index contributed by atoms with van der Waals surface area (Å²) in [4.78, 5) is 48.9. The van der Waals surface area contributed by atoms with Crippen LogP contribution in [0, 0.1) is 0 Å². The van der Waals surface area contributed by atoms with Crippen LogP contribution < -0.4 is 5.32 Å². The summed E-state index contributed by atoms with van der Waals surface area (Å²) in [6.07, 6.45) is 2.00. The van der Waals surface area contributed by atoms with Gasteiger partial charge in [0.15, 0.2) is 5.70 Å². The molecule has 3 aliphatic rings. The largest absolute Gasteiger partial charge is 0.737 e. The maximum atomic E-state index is 15.6. The molecule has 4 rings (SSSR count). The Morgan fingerprint density at radius 1 is 1.16 bits per heavy atom. The summed E-state index contributed by atoms with van der Waals surface area (Å²) in [7, 11) is -8.08. The number of rotatable bonds is 17. The predicted molar refractivity (Wildman–Crippen MR) is 180 cm³/mol. The minimum atomic E-state index is -5.67. The van der Waals surface area contributed by atoms with E-state index in [1.807, 2.05) is 13.8 Å². The number of amides is 1. The molecule has 2 radical (unpaired) electrons. The molecule has 0 saturated carbocycles. The number of carbonyl (C=O) groups is 1. The molecule has 49 heavy (non-hydrogen) atoms. The summed E-state index contributed by atoms with van der Waals surface area (Å²) in [5.74, 6) is -0.214. The number of hydrogen-bond donors (Lipinski definition) is 5. The Balaban J connectivity index is 1.19. The van der Waals surface area contributed by atoms with Crippen molar-refractivity contribution in [1.29, 1.82) is 0 Å². The summed E-state index contributed by atoms with van der Waals surface area (Å²) in [5, 5.41) is 2.84. The van der Waals surface area contributed by atoms with Crippen molar-refractivity contribution >= 4 is 77.6 Å². The normalized spacial score (nSPS) is 24.5. The monoisotopic (exact) mass is 791 g/mol. The quantitative estimate of drug-likeness (QED) is 0.0501. The Bertz CT molecular complexity index is 1690. The highest BCUT2D eigenvalue weighted by atomic mass is 33.1. The molecule has 25 heteroatoms. The lowest BCUT2D eigenvalue weighted by Crippen LogP contribution is -2.50. The van der Waals surface area contributed by atoms with Crippen molar-refractivity contribution in [3.05, 3.63) is 40.9 Å². The van der Waals surface area contributed by atoms with Crippen molar-refractivity contribution in [2.75, 3.05) is 19.1 Å². The highest BCUT2D eigenvalue weighted by molar-refractivity contribution is 8.77. The Labute approximate surface area is 290 Å². The summed E-state index contributed by atoms with van der Waals surface area (Å²) in [6, 6.07) is 2.43. The van der Waals surface area contributed by atoms with Gasteiger partial charge in [-0.2, -0.15) is 8.62 Å². The summed E-state index contributed by atoms with van der Waals surface area (Å²) in [6.45, 7) is 2.65. The number of nitrogens with zero attached hydrogens (tertiary/aromatic N) is 2. The number of aromatic nitrogens is 1. The Morgan fingerprint density at radius 3 is 2.53 bits per heavy atom. The Kier molecular flexibility index (Phi) is 12.9. The highest BCUT2D eigenvalue weighted by Gasteiger charge is 2.52. The van der Waals surface area contributed by atoms with Crippen LogP contribution in [0.2, 0.25) is 0 Å². The van der Waals surface area contributed by atoms with Gasteiger partial charge in [-0.1, -0.05) is 21.6 Å². The molecule has 0 spiro atoms. The minimum Gasteiger partial charge on any atom is -0.394 e. The first kappa shape index (κ1) is 40.7. The van der Waals surface area contributed by atoms with Gasteiger partial charge in [0, 0.05) is 54.1 Å². The highest BCUT2D eigenvalue weighted by Crippen LogP contribution is 2.66. The van der Waals surface area contributed by atoms with Gasteiger partial charge in [-0.05, 0) is 51.4 Å². The van der Waals surface area contributed by atoms with Crippen LogP contribution in [0.25, 0.3) is 6.08 Å². The van der Waals surface area contributed by atoms with Crippen molar-refractivity contribution in [2.24, 2.45) is 0 Å². The lowest BCUT2D eigenvalue weighted by molar-refractivity contribution is -0.362. The summed E-state index contributed by atoms with van der Waals surface area (Å²) in [5.41, 5.74) is 2.46. The molecule has 1 amide bonds. The fourth-order valence-corrected chi connectivity index (χ4v) is 10.6. The van der Waals surface area contributed by atoms with Crippen molar-refractivity contribution in [3.8, 4) is 0 Å². The van der Waals surface area contributed by atoms with E-state index in [-0.39, 0.29) is 37.7 Å². The number of ether oxygens (including phenoxy) is 2. The van der Waals surface area contributed by atoms with Crippen LogP contribution in [-0.4, -0.2) is 97.0 Å². The number of fused-ring (bicyclic) bond motifs is 2. The van der Waals surface area contributed by atoms with E-state index in [4.69, 9.17) is 27.1 Å². The first-order valence-electron chi connectivity index (χ1n) is 14.6. The average molecular weight is 791 g/mol. The molecule has 1 saturated heterocycles. The van der Waals surface area contributed by atoms with Gasteiger partial charge >= 0.3 is 30.4 Å². The zero-order valence-corrected chi connectivity index (χ0v) is 31.0. The first-order valence-corrected chi connectivity index (χ1v) is 21.5. The maximum absolute atomic E-state index is 15.6. The molecule has 0 bridgehead atoms. The third-order valence-corrected chi connectivity index (χ3v) is 14.1. The molecule has 16 nitrogen and oxygen atoms in total. The molecule has 272 valence electrons. The zero-order valence-electron chi connectivity index (χ0n) is 26.7. The standard InChI is InChI=1S/C24H36B2F2N3O13P3S2/c1-15-9-16(2)30-19(15)10-18-6-5-17(31(18)26(30,27)28)7-8-23(32)29-13-24(3,4)49-48-14-40-20-11-22(25)42-21(20)12-41-46(36,37)44-47(38,39)43-45(33,34)35/h5-6,9-10,20-22H,7-8,11-14H2,1-4H3,(H,29,32)(H,36,37)(H,38,39)(H2,33,34,35)/t20?,21-,22-/m1/s1.